The van der Waals surface area contributed by atoms with Gasteiger partial charge in [-0.05, 0) is 32.7 Å². The van der Waals surface area contributed by atoms with Gasteiger partial charge in [0.05, 0.1) is 13.2 Å². The van der Waals surface area contributed by atoms with Crippen LogP contribution in [-0.4, -0.2) is 58.8 Å². The molecule has 2 saturated heterocycles. The molecule has 0 saturated carbocycles. The van der Waals surface area contributed by atoms with E-state index in [1.165, 1.54) is 0 Å². The first kappa shape index (κ1) is 18.0. The molecule has 2 aromatic rings. The molecule has 1 spiro atoms. The average molecular weight is 370 g/mol. The molecule has 7 nitrogen and oxygen atoms in total. The molecular formula is C20H26N4O3. The molecule has 1 aromatic heterocycles. The van der Waals surface area contributed by atoms with E-state index in [-0.39, 0.29) is 11.5 Å². The van der Waals surface area contributed by atoms with E-state index in [4.69, 9.17) is 9.26 Å². The molecule has 27 heavy (non-hydrogen) atoms. The van der Waals surface area contributed by atoms with Crippen molar-refractivity contribution in [2.45, 2.75) is 32.7 Å². The highest BCUT2D eigenvalue weighted by Gasteiger charge is 2.43. The molecule has 0 N–H and O–H groups in total. The first-order chi connectivity index (χ1) is 13.2. The topological polar surface area (TPSA) is 71.7 Å². The van der Waals surface area contributed by atoms with Gasteiger partial charge in [0.1, 0.15) is 0 Å². The molecule has 0 bridgehead atoms. The van der Waals surface area contributed by atoms with Crippen molar-refractivity contribution in [3.63, 3.8) is 0 Å². The van der Waals surface area contributed by atoms with E-state index in [2.05, 4.69) is 15.0 Å². The van der Waals surface area contributed by atoms with E-state index in [0.29, 0.717) is 24.9 Å². The van der Waals surface area contributed by atoms with E-state index < -0.39 is 0 Å². The number of likely N-dealkylation sites (tertiary alicyclic amines) is 2. The Bertz CT molecular complexity index is 779. The molecule has 2 aliphatic heterocycles. The number of aromatic nitrogens is 2. The van der Waals surface area contributed by atoms with Crippen LogP contribution in [0.15, 0.2) is 34.9 Å². The lowest BCUT2D eigenvalue weighted by Crippen LogP contribution is -2.47. The molecule has 1 amide bonds. The van der Waals surface area contributed by atoms with Gasteiger partial charge < -0.3 is 14.2 Å². The minimum atomic E-state index is -0.181. The Morgan fingerprint density at radius 2 is 2.07 bits per heavy atom. The smallest absolute Gasteiger partial charge is 0.409 e. The normalized spacial score (nSPS) is 23.1. The maximum absolute atomic E-state index is 12.1. The van der Waals surface area contributed by atoms with Crippen molar-refractivity contribution in [3.8, 4) is 11.4 Å². The Hall–Kier alpha value is -2.41. The Labute approximate surface area is 159 Å². The van der Waals surface area contributed by atoms with E-state index in [1.807, 2.05) is 42.2 Å². The standard InChI is InChI=1S/C20H26N4O3/c1-2-26-19(25)24-11-6-9-20(15-24)10-12-23(14-20)13-17-21-18(22-27-17)16-7-4-3-5-8-16/h3-5,7-8H,2,6,9-15H2,1H3/t20-/m1/s1. The fourth-order valence-corrected chi connectivity index (χ4v) is 4.29. The lowest BCUT2D eigenvalue weighted by molar-refractivity contribution is 0.0594. The Morgan fingerprint density at radius 1 is 1.22 bits per heavy atom. The summed E-state index contributed by atoms with van der Waals surface area (Å²) < 4.78 is 10.7. The van der Waals surface area contributed by atoms with Gasteiger partial charge in [0.15, 0.2) is 0 Å². The van der Waals surface area contributed by atoms with Crippen molar-refractivity contribution in [1.29, 1.82) is 0 Å². The molecule has 3 heterocycles. The summed E-state index contributed by atoms with van der Waals surface area (Å²) in [6.07, 6.45) is 3.09. The lowest BCUT2D eigenvalue weighted by Gasteiger charge is -2.39. The summed E-state index contributed by atoms with van der Waals surface area (Å²) >= 11 is 0. The molecule has 1 aromatic carbocycles. The van der Waals surface area contributed by atoms with E-state index in [0.717, 1.165) is 51.0 Å². The summed E-state index contributed by atoms with van der Waals surface area (Å²) in [7, 11) is 0. The number of nitrogens with zero attached hydrogens (tertiary/aromatic N) is 4. The van der Waals surface area contributed by atoms with Crippen molar-refractivity contribution >= 4 is 6.09 Å². The average Bonchev–Trinajstić information content (AvgIpc) is 3.31. The van der Waals surface area contributed by atoms with Crippen LogP contribution in [0.1, 0.15) is 32.1 Å². The Balaban J connectivity index is 1.37. The van der Waals surface area contributed by atoms with E-state index in [1.54, 1.807) is 0 Å². The number of benzene rings is 1. The molecule has 0 aliphatic carbocycles. The molecule has 0 radical (unpaired) electrons. The van der Waals surface area contributed by atoms with Crippen molar-refractivity contribution in [2.75, 3.05) is 32.8 Å². The quantitative estimate of drug-likeness (QED) is 0.823. The van der Waals surface area contributed by atoms with Crippen molar-refractivity contribution in [3.05, 3.63) is 36.2 Å². The maximum atomic E-state index is 12.1. The van der Waals surface area contributed by atoms with Gasteiger partial charge in [-0.3, -0.25) is 4.90 Å². The number of ether oxygens (including phenoxy) is 1. The van der Waals surface area contributed by atoms with Gasteiger partial charge in [-0.1, -0.05) is 35.5 Å². The second-order valence-corrected chi connectivity index (χ2v) is 7.56. The van der Waals surface area contributed by atoms with Crippen LogP contribution >= 0.6 is 0 Å². The van der Waals surface area contributed by atoms with Crippen LogP contribution in [0.4, 0.5) is 4.79 Å². The zero-order valence-electron chi connectivity index (χ0n) is 15.8. The summed E-state index contributed by atoms with van der Waals surface area (Å²) in [6.45, 7) is 6.44. The summed E-state index contributed by atoms with van der Waals surface area (Å²) in [6, 6.07) is 9.86. The predicted octanol–water partition coefficient (Wildman–Crippen LogP) is 3.18. The van der Waals surface area contributed by atoms with Crippen LogP contribution in [-0.2, 0) is 11.3 Å². The maximum Gasteiger partial charge on any atom is 0.409 e. The highest BCUT2D eigenvalue weighted by molar-refractivity contribution is 5.67. The zero-order valence-corrected chi connectivity index (χ0v) is 15.8. The molecular weight excluding hydrogens is 344 g/mol. The summed E-state index contributed by atoms with van der Waals surface area (Å²) in [5.41, 5.74) is 1.12. The summed E-state index contributed by atoms with van der Waals surface area (Å²) in [5, 5.41) is 4.11. The van der Waals surface area contributed by atoms with Crippen LogP contribution in [0.25, 0.3) is 11.4 Å². The minimum absolute atomic E-state index is 0.160. The third kappa shape index (κ3) is 3.98. The molecule has 144 valence electrons. The molecule has 2 aliphatic rings. The monoisotopic (exact) mass is 370 g/mol. The highest BCUT2D eigenvalue weighted by atomic mass is 16.6. The van der Waals surface area contributed by atoms with Gasteiger partial charge in [-0.25, -0.2) is 4.79 Å². The lowest BCUT2D eigenvalue weighted by atomic mass is 9.79. The number of carbonyl (C=O) groups excluding carboxylic acids is 1. The van der Waals surface area contributed by atoms with Crippen LogP contribution in [0.2, 0.25) is 0 Å². The van der Waals surface area contributed by atoms with Crippen LogP contribution in [0.5, 0.6) is 0 Å². The predicted molar refractivity (Wildman–Crippen MR) is 99.9 cm³/mol. The van der Waals surface area contributed by atoms with Crippen molar-refractivity contribution in [2.24, 2.45) is 5.41 Å². The number of rotatable bonds is 4. The summed E-state index contributed by atoms with van der Waals surface area (Å²) in [5.74, 6) is 1.27. The Kier molecular flexibility index (Phi) is 5.11. The Morgan fingerprint density at radius 3 is 2.89 bits per heavy atom. The minimum Gasteiger partial charge on any atom is -0.450 e. The van der Waals surface area contributed by atoms with Crippen molar-refractivity contribution < 1.29 is 14.1 Å². The molecule has 7 heteroatoms. The third-order valence-electron chi connectivity index (χ3n) is 5.56. The van der Waals surface area contributed by atoms with Gasteiger partial charge in [0.2, 0.25) is 11.7 Å². The van der Waals surface area contributed by atoms with Crippen molar-refractivity contribution in [1.82, 2.24) is 19.9 Å². The molecule has 4 rings (SSSR count). The second kappa shape index (κ2) is 7.68. The number of hydrogen-bond acceptors (Lipinski definition) is 6. The molecule has 2 fully saturated rings. The van der Waals surface area contributed by atoms with Crippen LogP contribution in [0, 0.1) is 5.41 Å². The number of carbonyl (C=O) groups is 1. The summed E-state index contributed by atoms with van der Waals surface area (Å²) in [4.78, 5) is 20.9. The first-order valence-corrected chi connectivity index (χ1v) is 9.69. The number of amides is 1. The number of piperidine rings is 1. The fraction of sp³-hybridized carbons (Fsp3) is 0.550. The van der Waals surface area contributed by atoms with Crippen LogP contribution < -0.4 is 0 Å². The third-order valence-corrected chi connectivity index (χ3v) is 5.56. The number of hydrogen-bond donors (Lipinski definition) is 0. The molecule has 1 atom stereocenters. The van der Waals surface area contributed by atoms with E-state index in [9.17, 15) is 4.79 Å². The van der Waals surface area contributed by atoms with Gasteiger partial charge in [-0.2, -0.15) is 4.98 Å². The largest absolute Gasteiger partial charge is 0.450 e. The van der Waals surface area contributed by atoms with Gasteiger partial charge in [-0.15, -0.1) is 0 Å². The fourth-order valence-electron chi connectivity index (χ4n) is 4.29. The molecule has 0 unspecified atom stereocenters. The second-order valence-electron chi connectivity index (χ2n) is 7.56. The van der Waals surface area contributed by atoms with Gasteiger partial charge in [0.25, 0.3) is 0 Å². The van der Waals surface area contributed by atoms with Crippen LogP contribution in [0.3, 0.4) is 0 Å². The first-order valence-electron chi connectivity index (χ1n) is 9.69. The van der Waals surface area contributed by atoms with E-state index >= 15 is 0 Å². The highest BCUT2D eigenvalue weighted by Crippen LogP contribution is 2.39. The zero-order chi connectivity index (χ0) is 18.7. The SMILES string of the molecule is CCOC(=O)N1CCC[C@]2(CCN(Cc3nc(-c4ccccc4)no3)C2)C1. The van der Waals surface area contributed by atoms with Gasteiger partial charge in [0, 0.05) is 30.6 Å². The van der Waals surface area contributed by atoms with Gasteiger partial charge >= 0.3 is 6.09 Å².